The number of nitrogens with zero attached hydrogens (tertiary/aromatic N) is 2. The zero-order valence-corrected chi connectivity index (χ0v) is 12.0. The second-order valence-corrected chi connectivity index (χ2v) is 4.84. The number of nitrogens with two attached hydrogens (primary N) is 2. The molecule has 0 spiro atoms. The number of benzene rings is 2. The van der Waals surface area contributed by atoms with Crippen molar-refractivity contribution in [3.8, 4) is 0 Å². The van der Waals surface area contributed by atoms with E-state index in [0.29, 0.717) is 0 Å². The van der Waals surface area contributed by atoms with Gasteiger partial charge in [0.1, 0.15) is 0 Å². The van der Waals surface area contributed by atoms with Crippen LogP contribution in [0.1, 0.15) is 0 Å². The predicted molar refractivity (Wildman–Crippen MR) is 92.3 cm³/mol. The third-order valence-corrected chi connectivity index (χ3v) is 3.33. The highest BCUT2D eigenvalue weighted by atomic mass is 14.7. The molecule has 0 aliphatic rings. The molecule has 0 unspecified atom stereocenters. The van der Waals surface area contributed by atoms with E-state index in [4.69, 9.17) is 11.5 Å². The summed E-state index contributed by atoms with van der Waals surface area (Å²) in [6, 6.07) is 19.4. The van der Waals surface area contributed by atoms with Crippen LogP contribution < -0.4 is 11.5 Å². The minimum atomic E-state index is 0.739. The molecule has 22 heavy (non-hydrogen) atoms. The third-order valence-electron chi connectivity index (χ3n) is 3.33. The van der Waals surface area contributed by atoms with Gasteiger partial charge < -0.3 is 11.5 Å². The summed E-state index contributed by atoms with van der Waals surface area (Å²) in [7, 11) is 0. The average molecular weight is 288 g/mol. The van der Waals surface area contributed by atoms with Crippen LogP contribution in [0.2, 0.25) is 0 Å². The van der Waals surface area contributed by atoms with Crippen LogP contribution in [-0.4, -0.2) is 9.97 Å². The van der Waals surface area contributed by atoms with Gasteiger partial charge in [0.25, 0.3) is 0 Å². The van der Waals surface area contributed by atoms with Crippen molar-refractivity contribution in [3.05, 3.63) is 73.1 Å². The van der Waals surface area contributed by atoms with Crippen LogP contribution in [0.15, 0.2) is 73.1 Å². The van der Waals surface area contributed by atoms with Gasteiger partial charge >= 0.3 is 0 Å². The molecule has 0 saturated carbocycles. The van der Waals surface area contributed by atoms with Gasteiger partial charge in [-0.25, -0.2) is 0 Å². The second-order valence-electron chi connectivity index (χ2n) is 4.84. The molecular weight excluding hydrogens is 272 g/mol. The second kappa shape index (κ2) is 6.10. The summed E-state index contributed by atoms with van der Waals surface area (Å²) in [5.41, 5.74) is 14.6. The first-order valence-electron chi connectivity index (χ1n) is 6.94. The van der Waals surface area contributed by atoms with E-state index in [0.717, 1.165) is 33.2 Å². The fourth-order valence-electron chi connectivity index (χ4n) is 2.26. The van der Waals surface area contributed by atoms with Gasteiger partial charge in [-0.05, 0) is 24.3 Å². The highest BCUT2D eigenvalue weighted by Gasteiger charge is 1.95. The van der Waals surface area contributed by atoms with E-state index in [9.17, 15) is 0 Å². The fourth-order valence-corrected chi connectivity index (χ4v) is 2.26. The topological polar surface area (TPSA) is 77.8 Å². The molecule has 0 aliphatic heterocycles. The van der Waals surface area contributed by atoms with Crippen molar-refractivity contribution in [1.82, 2.24) is 9.97 Å². The van der Waals surface area contributed by atoms with Crippen molar-refractivity contribution < 1.29 is 0 Å². The first kappa shape index (κ1) is 13.8. The van der Waals surface area contributed by atoms with Crippen LogP contribution in [0.5, 0.6) is 0 Å². The van der Waals surface area contributed by atoms with Crippen LogP contribution in [0.25, 0.3) is 21.8 Å². The van der Waals surface area contributed by atoms with E-state index in [1.165, 1.54) is 0 Å². The molecule has 0 amide bonds. The van der Waals surface area contributed by atoms with E-state index in [2.05, 4.69) is 9.97 Å². The highest BCUT2D eigenvalue weighted by molar-refractivity contribution is 5.89. The fraction of sp³-hybridized carbons (Fsp3) is 0. The van der Waals surface area contributed by atoms with Crippen LogP contribution in [0.3, 0.4) is 0 Å². The molecule has 0 bridgehead atoms. The van der Waals surface area contributed by atoms with Crippen molar-refractivity contribution in [2.45, 2.75) is 0 Å². The molecular formula is C18H16N4. The Morgan fingerprint density at radius 2 is 0.955 bits per heavy atom. The Morgan fingerprint density at radius 3 is 1.36 bits per heavy atom. The molecule has 4 rings (SSSR count). The Balaban J connectivity index is 0.000000131. The van der Waals surface area contributed by atoms with E-state index < -0.39 is 0 Å². The molecule has 2 heterocycles. The van der Waals surface area contributed by atoms with E-state index in [-0.39, 0.29) is 0 Å². The first-order valence-corrected chi connectivity index (χ1v) is 6.94. The molecule has 108 valence electrons. The molecule has 4 aromatic rings. The quantitative estimate of drug-likeness (QED) is 0.484. The summed E-state index contributed by atoms with van der Waals surface area (Å²) in [5, 5.41) is 2.18. The number of nitrogen functional groups attached to an aromatic ring is 2. The molecule has 4 N–H and O–H groups in total. The summed E-state index contributed by atoms with van der Waals surface area (Å²) in [6.45, 7) is 0. The molecule has 0 atom stereocenters. The highest BCUT2D eigenvalue weighted by Crippen LogP contribution is 2.17. The minimum absolute atomic E-state index is 0.739. The minimum Gasteiger partial charge on any atom is -0.397 e. The number of para-hydroxylation sites is 2. The SMILES string of the molecule is Nc1cccc2cccnc12.Nc1cccc2cccnc12. The zero-order chi connectivity index (χ0) is 15.4. The van der Waals surface area contributed by atoms with Gasteiger partial charge in [-0.15, -0.1) is 0 Å². The van der Waals surface area contributed by atoms with Gasteiger partial charge in [0, 0.05) is 23.2 Å². The summed E-state index contributed by atoms with van der Waals surface area (Å²) in [6.07, 6.45) is 3.50. The number of rotatable bonds is 0. The Morgan fingerprint density at radius 1 is 0.545 bits per heavy atom. The van der Waals surface area contributed by atoms with Crippen molar-refractivity contribution in [3.63, 3.8) is 0 Å². The largest absolute Gasteiger partial charge is 0.397 e. The van der Waals surface area contributed by atoms with Crippen LogP contribution >= 0.6 is 0 Å². The number of aromatic nitrogens is 2. The number of fused-ring (bicyclic) bond motifs is 2. The van der Waals surface area contributed by atoms with Crippen LogP contribution in [0, 0.1) is 0 Å². The molecule has 2 aromatic heterocycles. The summed E-state index contributed by atoms with van der Waals surface area (Å²) >= 11 is 0. The van der Waals surface area contributed by atoms with E-state index in [1.807, 2.05) is 60.7 Å². The maximum absolute atomic E-state index is 5.69. The van der Waals surface area contributed by atoms with Crippen molar-refractivity contribution in [2.24, 2.45) is 0 Å². The number of pyridine rings is 2. The lowest BCUT2D eigenvalue weighted by molar-refractivity contribution is 1.41. The maximum atomic E-state index is 5.69. The Bertz CT molecular complexity index is 831. The van der Waals surface area contributed by atoms with Crippen LogP contribution in [0.4, 0.5) is 11.4 Å². The molecule has 4 nitrogen and oxygen atoms in total. The Kier molecular flexibility index (Phi) is 3.83. The van der Waals surface area contributed by atoms with Gasteiger partial charge in [-0.1, -0.05) is 36.4 Å². The summed E-state index contributed by atoms with van der Waals surface area (Å²) in [4.78, 5) is 8.31. The Labute approximate surface area is 128 Å². The predicted octanol–water partition coefficient (Wildman–Crippen LogP) is 3.63. The maximum Gasteiger partial charge on any atom is 0.0931 e. The van der Waals surface area contributed by atoms with Gasteiger partial charge in [-0.2, -0.15) is 0 Å². The lowest BCUT2D eigenvalue weighted by atomic mass is 10.2. The first-order chi connectivity index (χ1) is 10.8. The molecule has 0 saturated heterocycles. The molecule has 0 fully saturated rings. The summed E-state index contributed by atoms with van der Waals surface area (Å²) in [5.74, 6) is 0. The Hall–Kier alpha value is -3.14. The standard InChI is InChI=1S/2C9H8N2/c2*10-8-5-1-3-7-4-2-6-11-9(7)8/h2*1-6H,10H2. The lowest BCUT2D eigenvalue weighted by Crippen LogP contribution is -1.87. The zero-order valence-electron chi connectivity index (χ0n) is 12.0. The summed E-state index contributed by atoms with van der Waals surface area (Å²) < 4.78 is 0. The molecule has 0 radical (unpaired) electrons. The average Bonchev–Trinajstić information content (AvgIpc) is 2.57. The normalized spacial score (nSPS) is 10.2. The van der Waals surface area contributed by atoms with Crippen molar-refractivity contribution in [2.75, 3.05) is 11.5 Å². The van der Waals surface area contributed by atoms with Gasteiger partial charge in [0.15, 0.2) is 0 Å². The van der Waals surface area contributed by atoms with Gasteiger partial charge in [0.2, 0.25) is 0 Å². The van der Waals surface area contributed by atoms with Gasteiger partial charge in [0.05, 0.1) is 22.4 Å². The third kappa shape index (κ3) is 2.81. The van der Waals surface area contributed by atoms with Crippen LogP contribution in [-0.2, 0) is 0 Å². The molecule has 2 aromatic carbocycles. The number of hydrogen-bond donors (Lipinski definition) is 2. The lowest BCUT2D eigenvalue weighted by Gasteiger charge is -1.97. The van der Waals surface area contributed by atoms with E-state index in [1.54, 1.807) is 12.4 Å². The van der Waals surface area contributed by atoms with Crippen molar-refractivity contribution in [1.29, 1.82) is 0 Å². The monoisotopic (exact) mass is 288 g/mol. The molecule has 0 aliphatic carbocycles. The van der Waals surface area contributed by atoms with Crippen molar-refractivity contribution >= 4 is 33.2 Å². The van der Waals surface area contributed by atoms with E-state index >= 15 is 0 Å². The van der Waals surface area contributed by atoms with Gasteiger partial charge in [-0.3, -0.25) is 9.97 Å². The number of hydrogen-bond acceptors (Lipinski definition) is 4. The smallest absolute Gasteiger partial charge is 0.0931 e. The molecule has 4 heteroatoms. The number of anilines is 2.